The number of aromatic amines is 1. The highest BCUT2D eigenvalue weighted by molar-refractivity contribution is 6.04. The van der Waals surface area contributed by atoms with Crippen LogP contribution in [0.25, 0.3) is 10.9 Å². The van der Waals surface area contributed by atoms with Crippen LogP contribution < -0.4 is 5.32 Å². The minimum atomic E-state index is 0. The lowest BCUT2D eigenvalue weighted by atomic mass is 9.92. The van der Waals surface area contributed by atoms with Crippen LogP contribution in [0.2, 0.25) is 0 Å². The molecule has 5 nitrogen and oxygen atoms in total. The van der Waals surface area contributed by atoms with E-state index in [0.29, 0.717) is 17.8 Å². The number of aromatic nitrogens is 2. The van der Waals surface area contributed by atoms with Gasteiger partial charge in [0.05, 0.1) is 5.52 Å². The Morgan fingerprint density at radius 3 is 2.85 bits per heavy atom. The lowest BCUT2D eigenvalue weighted by molar-refractivity contribution is 0.0437. The largest absolute Gasteiger partial charge is 0.331 e. The summed E-state index contributed by atoms with van der Waals surface area (Å²) in [7, 11) is 0. The molecule has 0 radical (unpaired) electrons. The molecule has 1 aromatic carbocycles. The maximum absolute atomic E-state index is 12.7. The number of amides is 1. The van der Waals surface area contributed by atoms with E-state index in [0.717, 1.165) is 30.4 Å². The molecule has 0 aliphatic carbocycles. The Morgan fingerprint density at radius 2 is 2.15 bits per heavy atom. The molecule has 2 N–H and O–H groups in total. The summed E-state index contributed by atoms with van der Waals surface area (Å²) in [5.74, 6) is 0.0636. The molecular weight excluding hydrogens is 276 g/mol. The summed E-state index contributed by atoms with van der Waals surface area (Å²) in [6.07, 6.45) is 2.28. The fourth-order valence-electron chi connectivity index (χ4n) is 3.22. The molecule has 2 atom stereocenters. The Kier molecular flexibility index (Phi) is 3.40. The molecule has 106 valence electrons. The molecular formula is C14H17ClN4O. The molecule has 2 aromatic rings. The van der Waals surface area contributed by atoms with Crippen LogP contribution in [0.15, 0.2) is 24.3 Å². The summed E-state index contributed by atoms with van der Waals surface area (Å²) in [6, 6.07) is 8.57. The SMILES string of the molecule is Cl.O=C(c1n[nH]c2ccccc12)N1CC2CCC1CN2. The van der Waals surface area contributed by atoms with Crippen molar-refractivity contribution >= 4 is 29.2 Å². The molecule has 3 saturated heterocycles. The van der Waals surface area contributed by atoms with Crippen molar-refractivity contribution in [2.75, 3.05) is 13.1 Å². The third-order valence-electron chi connectivity index (χ3n) is 4.28. The van der Waals surface area contributed by atoms with Crippen molar-refractivity contribution in [2.45, 2.75) is 24.9 Å². The monoisotopic (exact) mass is 292 g/mol. The number of para-hydroxylation sites is 1. The molecule has 0 spiro atoms. The smallest absolute Gasteiger partial charge is 0.275 e. The first kappa shape index (κ1) is 13.4. The van der Waals surface area contributed by atoms with Gasteiger partial charge in [0.25, 0.3) is 5.91 Å². The van der Waals surface area contributed by atoms with Gasteiger partial charge < -0.3 is 10.2 Å². The number of carbonyl (C=O) groups excluding carboxylic acids is 1. The lowest BCUT2D eigenvalue weighted by Crippen LogP contribution is -2.62. The van der Waals surface area contributed by atoms with Gasteiger partial charge in [0.1, 0.15) is 0 Å². The molecule has 2 bridgehead atoms. The summed E-state index contributed by atoms with van der Waals surface area (Å²) < 4.78 is 0. The number of fused-ring (bicyclic) bond motifs is 4. The zero-order valence-electron chi connectivity index (χ0n) is 11.0. The predicted molar refractivity (Wildman–Crippen MR) is 79.2 cm³/mol. The molecule has 3 fully saturated rings. The van der Waals surface area contributed by atoms with Crippen molar-refractivity contribution in [3.63, 3.8) is 0 Å². The minimum Gasteiger partial charge on any atom is -0.331 e. The first-order valence-electron chi connectivity index (χ1n) is 6.80. The molecule has 5 rings (SSSR count). The highest BCUT2D eigenvalue weighted by Gasteiger charge is 2.37. The average Bonchev–Trinajstić information content (AvgIpc) is 2.91. The minimum absolute atomic E-state index is 0. The van der Waals surface area contributed by atoms with Crippen LogP contribution in [-0.2, 0) is 0 Å². The van der Waals surface area contributed by atoms with Gasteiger partial charge in [-0.15, -0.1) is 12.4 Å². The molecule has 0 saturated carbocycles. The van der Waals surface area contributed by atoms with E-state index in [2.05, 4.69) is 15.5 Å². The third kappa shape index (κ3) is 1.98. The second-order valence-electron chi connectivity index (χ2n) is 5.41. The number of H-pyrrole nitrogens is 1. The summed E-state index contributed by atoms with van der Waals surface area (Å²) >= 11 is 0. The number of benzene rings is 1. The van der Waals surface area contributed by atoms with Gasteiger partial charge in [0.15, 0.2) is 5.69 Å². The van der Waals surface area contributed by atoms with Gasteiger partial charge in [-0.25, -0.2) is 0 Å². The van der Waals surface area contributed by atoms with Crippen LogP contribution in [-0.4, -0.2) is 46.2 Å². The van der Waals surface area contributed by atoms with Gasteiger partial charge in [-0.2, -0.15) is 5.10 Å². The maximum atomic E-state index is 12.7. The molecule has 4 heterocycles. The fourth-order valence-corrected chi connectivity index (χ4v) is 3.22. The van der Waals surface area contributed by atoms with Crippen LogP contribution in [0, 0.1) is 0 Å². The van der Waals surface area contributed by atoms with E-state index < -0.39 is 0 Å². The van der Waals surface area contributed by atoms with Crippen LogP contribution in [0.3, 0.4) is 0 Å². The number of hydrogen-bond donors (Lipinski definition) is 2. The number of piperidine rings is 2. The number of halogens is 1. The van der Waals surface area contributed by atoms with Gasteiger partial charge in [-0.1, -0.05) is 18.2 Å². The number of rotatable bonds is 1. The Balaban J connectivity index is 0.00000121. The van der Waals surface area contributed by atoms with Crippen molar-refractivity contribution < 1.29 is 4.79 Å². The first-order valence-corrected chi connectivity index (χ1v) is 6.80. The fraction of sp³-hybridized carbons (Fsp3) is 0.429. The summed E-state index contributed by atoms with van der Waals surface area (Å²) in [5.41, 5.74) is 1.48. The molecule has 3 aliphatic heterocycles. The van der Waals surface area contributed by atoms with Gasteiger partial charge in [-0.3, -0.25) is 9.89 Å². The molecule has 3 aliphatic rings. The van der Waals surface area contributed by atoms with Crippen molar-refractivity contribution in [1.29, 1.82) is 0 Å². The first-order chi connectivity index (χ1) is 9.33. The Hall–Kier alpha value is -1.59. The van der Waals surface area contributed by atoms with Crippen molar-refractivity contribution in [3.8, 4) is 0 Å². The molecule has 2 unspecified atom stereocenters. The van der Waals surface area contributed by atoms with E-state index in [1.807, 2.05) is 29.2 Å². The average molecular weight is 293 g/mol. The Bertz CT molecular complexity index is 633. The van der Waals surface area contributed by atoms with Crippen LogP contribution >= 0.6 is 12.4 Å². The second kappa shape index (κ2) is 5.07. The van der Waals surface area contributed by atoms with Gasteiger partial charge in [0, 0.05) is 30.6 Å². The maximum Gasteiger partial charge on any atom is 0.275 e. The quantitative estimate of drug-likeness (QED) is 0.838. The highest BCUT2D eigenvalue weighted by Crippen LogP contribution is 2.25. The number of nitrogens with one attached hydrogen (secondary N) is 2. The summed E-state index contributed by atoms with van der Waals surface area (Å²) in [6.45, 7) is 1.73. The van der Waals surface area contributed by atoms with Crippen LogP contribution in [0.1, 0.15) is 23.3 Å². The van der Waals surface area contributed by atoms with Crippen molar-refractivity contribution in [2.24, 2.45) is 0 Å². The van der Waals surface area contributed by atoms with E-state index in [9.17, 15) is 4.79 Å². The van der Waals surface area contributed by atoms with E-state index in [4.69, 9.17) is 0 Å². The van der Waals surface area contributed by atoms with Crippen molar-refractivity contribution in [3.05, 3.63) is 30.0 Å². The highest BCUT2D eigenvalue weighted by atomic mass is 35.5. The number of nitrogens with zero attached hydrogens (tertiary/aromatic N) is 2. The molecule has 20 heavy (non-hydrogen) atoms. The zero-order chi connectivity index (χ0) is 12.8. The topological polar surface area (TPSA) is 61.0 Å². The van der Waals surface area contributed by atoms with Gasteiger partial charge in [0.2, 0.25) is 0 Å². The third-order valence-corrected chi connectivity index (χ3v) is 4.28. The summed E-state index contributed by atoms with van der Waals surface area (Å²) in [5, 5.41) is 11.5. The summed E-state index contributed by atoms with van der Waals surface area (Å²) in [4.78, 5) is 14.7. The van der Waals surface area contributed by atoms with E-state index in [1.165, 1.54) is 6.42 Å². The number of carbonyl (C=O) groups is 1. The van der Waals surface area contributed by atoms with Crippen LogP contribution in [0.4, 0.5) is 0 Å². The molecule has 6 heteroatoms. The Morgan fingerprint density at radius 1 is 1.30 bits per heavy atom. The van der Waals surface area contributed by atoms with E-state index >= 15 is 0 Å². The van der Waals surface area contributed by atoms with Crippen molar-refractivity contribution in [1.82, 2.24) is 20.4 Å². The number of hydrogen-bond acceptors (Lipinski definition) is 3. The molecule has 1 aromatic heterocycles. The van der Waals surface area contributed by atoms with E-state index in [-0.39, 0.29) is 18.3 Å². The van der Waals surface area contributed by atoms with Gasteiger partial charge in [-0.05, 0) is 18.9 Å². The molecule has 1 amide bonds. The zero-order valence-corrected chi connectivity index (χ0v) is 11.8. The van der Waals surface area contributed by atoms with Crippen LogP contribution in [0.5, 0.6) is 0 Å². The second-order valence-corrected chi connectivity index (χ2v) is 5.41. The lowest BCUT2D eigenvalue weighted by Gasteiger charge is -2.45. The van der Waals surface area contributed by atoms with Gasteiger partial charge >= 0.3 is 0 Å². The van der Waals surface area contributed by atoms with E-state index in [1.54, 1.807) is 0 Å². The normalized spacial score (nSPS) is 24.7. The number of piperazine rings is 1. The Labute approximate surface area is 123 Å². The predicted octanol–water partition coefficient (Wildman–Crippen LogP) is 1.56. The standard InChI is InChI=1S/C14H16N4O.ClH/c19-14(18-8-9-5-6-10(18)7-15-9)13-11-3-1-2-4-12(11)16-17-13;/h1-4,9-10,15H,5-8H2,(H,16,17);1H.